The van der Waals surface area contributed by atoms with Crippen molar-refractivity contribution in [3.05, 3.63) is 83.9 Å². The molecule has 63 heavy (non-hydrogen) atoms. The average molecular weight is 868 g/mol. The number of fused-ring (bicyclic) bond motifs is 1. The van der Waals surface area contributed by atoms with Crippen molar-refractivity contribution in [1.82, 2.24) is 26.6 Å². The van der Waals surface area contributed by atoms with Crippen molar-refractivity contribution in [2.45, 2.75) is 127 Å². The van der Waals surface area contributed by atoms with Crippen molar-refractivity contribution in [2.75, 3.05) is 19.4 Å². The summed E-state index contributed by atoms with van der Waals surface area (Å²) >= 11 is 0. The number of carbonyl (C=O) groups is 5. The van der Waals surface area contributed by atoms with Crippen LogP contribution >= 0.6 is 0 Å². The number of esters is 1. The molecule has 0 saturated heterocycles. The predicted octanol–water partition coefficient (Wildman–Crippen LogP) is 3.53. The van der Waals surface area contributed by atoms with Gasteiger partial charge in [-0.3, -0.25) is 4.79 Å². The maximum absolute atomic E-state index is 14.0. The Morgan fingerprint density at radius 3 is 1.92 bits per heavy atom. The van der Waals surface area contributed by atoms with Gasteiger partial charge in [0.15, 0.2) is 0 Å². The molecule has 5 atom stereocenters. The van der Waals surface area contributed by atoms with Crippen LogP contribution in [0.15, 0.2) is 72.8 Å². The fraction of sp³-hybridized carbons (Fsp3) is 0.543. The topological polar surface area (TPSA) is 229 Å². The quantitative estimate of drug-likeness (QED) is 0.0537. The molecule has 0 aromatic heterocycles. The van der Waals surface area contributed by atoms with Crippen LogP contribution in [0.1, 0.15) is 95.1 Å². The van der Waals surface area contributed by atoms with Crippen LogP contribution in [0.4, 0.5) is 0 Å². The molecule has 0 radical (unpaired) electrons. The van der Waals surface area contributed by atoms with Crippen molar-refractivity contribution < 1.29 is 48.3 Å². The number of ether oxygens (including phenoxy) is 1. The second-order valence-electron chi connectivity index (χ2n) is 16.4. The Kier molecular flexibility index (Phi) is 22.3. The molecule has 3 amide bonds. The summed E-state index contributed by atoms with van der Waals surface area (Å²) in [5.74, 6) is -3.07. The number of carbonyl (C=O) groups excluding carboxylic acids is 4. The molecule has 3 aromatic carbocycles. The first-order valence-electron chi connectivity index (χ1n) is 22.4. The molecule has 7 N–H and O–H groups in total. The van der Waals surface area contributed by atoms with Crippen LogP contribution in [0.2, 0.25) is 0 Å². The van der Waals surface area contributed by atoms with Crippen molar-refractivity contribution in [3.63, 3.8) is 0 Å². The molecule has 2 aliphatic rings. The minimum atomic E-state index is -1.66. The first-order valence-corrected chi connectivity index (χ1v) is 22.4. The van der Waals surface area contributed by atoms with Crippen molar-refractivity contribution in [2.24, 2.45) is 11.8 Å². The fourth-order valence-electron chi connectivity index (χ4n) is 8.51. The number of benzene rings is 3. The summed E-state index contributed by atoms with van der Waals surface area (Å²) < 4.78 is 26.6. The first-order chi connectivity index (χ1) is 30.6. The Hall–Kier alpha value is -5.12. The fourth-order valence-corrected chi connectivity index (χ4v) is 8.51. The minimum absolute atomic E-state index is 0.00838. The van der Waals surface area contributed by atoms with Crippen LogP contribution in [0, 0.1) is 11.8 Å². The zero-order chi connectivity index (χ0) is 45.4. The summed E-state index contributed by atoms with van der Waals surface area (Å²) in [6.45, 7) is 1.45. The van der Waals surface area contributed by atoms with Gasteiger partial charge in [-0.25, -0.2) is 0 Å². The molecular weight excluding hydrogens is 804 g/mol. The number of carboxylic acid groups (broad SMARTS) is 1. The summed E-state index contributed by atoms with van der Waals surface area (Å²) in [5, 5.41) is 35.9. The summed E-state index contributed by atoms with van der Waals surface area (Å²) in [7, 11) is 1.42. The number of aliphatic hydroxyl groups is 1. The predicted molar refractivity (Wildman–Crippen MR) is 239 cm³/mol. The number of aliphatic hydroxyl groups excluding tert-OH is 1. The van der Waals surface area contributed by atoms with E-state index in [2.05, 4.69) is 26.6 Å². The molecule has 0 heterocycles. The van der Waals surface area contributed by atoms with E-state index in [0.717, 1.165) is 79.7 Å². The van der Waals surface area contributed by atoms with Crippen LogP contribution < -0.4 is 26.6 Å². The van der Waals surface area contributed by atoms with E-state index in [9.17, 15) is 38.5 Å². The number of amides is 3. The van der Waals surface area contributed by atoms with Crippen LogP contribution in [0.5, 0.6) is 0 Å². The van der Waals surface area contributed by atoms with E-state index in [0.29, 0.717) is 20.7 Å². The number of hydrogen-bond donors (Lipinski definition) is 7. The molecule has 2 fully saturated rings. The number of nitrogens with one attached hydrogen (secondary N) is 5. The molecule has 15 nitrogen and oxygen atoms in total. The van der Waals surface area contributed by atoms with Gasteiger partial charge in [0.1, 0.15) is 13.2 Å². The summed E-state index contributed by atoms with van der Waals surface area (Å²) in [5.41, 5.74) is 1.63. The zero-order valence-electron chi connectivity index (χ0n) is 36.3. The van der Waals surface area contributed by atoms with E-state index in [4.69, 9.17) is 9.84 Å². The first kappa shape index (κ1) is 50.5. The van der Waals surface area contributed by atoms with E-state index in [-0.39, 0.29) is 50.1 Å². The maximum atomic E-state index is 14.0. The number of aliphatic carboxylic acids is 1. The Bertz CT molecular complexity index is 1920. The molecule has 3 aromatic rings. The summed E-state index contributed by atoms with van der Waals surface area (Å²) in [4.78, 5) is 64.0. The zero-order valence-corrected chi connectivity index (χ0v) is 36.3. The molecule has 0 spiro atoms. The number of rotatable bonds is 23. The molecule has 2 unspecified atom stereocenters. The van der Waals surface area contributed by atoms with Gasteiger partial charge in [0.25, 0.3) is 0 Å². The van der Waals surface area contributed by atoms with Crippen molar-refractivity contribution in [1.29, 1.82) is 0 Å². The van der Waals surface area contributed by atoms with Crippen LogP contribution in [0.25, 0.3) is 10.8 Å². The average Bonchev–Trinajstić information content (AvgIpc) is 3.31. The Morgan fingerprint density at radius 1 is 0.714 bits per heavy atom. The van der Waals surface area contributed by atoms with Gasteiger partial charge >= 0.3 is 314 Å². The number of carboxylic acids is 1. The normalized spacial score (nSPS) is 16.6. The van der Waals surface area contributed by atoms with E-state index < -0.39 is 60.6 Å². The SMILES string of the molecule is CCCC(NC(=O)[C@H](Cc1cccc2ccccc12)NC(=O)[C@@H](NCB=O)C1CCCCC1)C(O)C(=O)NCC(=O)OCc1ccccc1.O=BCN[C@H](C(=O)O)C1CCCCC1. The Labute approximate surface area is 371 Å². The third kappa shape index (κ3) is 16.8. The van der Waals surface area contributed by atoms with Crippen molar-refractivity contribution in [3.8, 4) is 0 Å². The summed E-state index contributed by atoms with van der Waals surface area (Å²) in [6.07, 6.45) is 9.51. The van der Waals surface area contributed by atoms with Crippen molar-refractivity contribution >= 4 is 54.7 Å². The third-order valence-corrected chi connectivity index (χ3v) is 11.8. The Balaban J connectivity index is 0.000000528. The van der Waals surface area contributed by atoms with Gasteiger partial charge in [-0.15, -0.1) is 0 Å². The monoisotopic (exact) mass is 867 g/mol. The van der Waals surface area contributed by atoms with Gasteiger partial charge in [0.05, 0.1) is 0 Å². The van der Waals surface area contributed by atoms with Crippen LogP contribution in [-0.4, -0.2) is 104 Å². The van der Waals surface area contributed by atoms with Gasteiger partial charge in [-0.2, -0.15) is 0 Å². The van der Waals surface area contributed by atoms with Gasteiger partial charge in [0, 0.05) is 0 Å². The van der Waals surface area contributed by atoms with E-state index in [1.165, 1.54) is 6.42 Å². The molecule has 5 rings (SSSR count). The molecule has 0 bridgehead atoms. The molecular formula is C46H63B2N5O10. The second-order valence-corrected chi connectivity index (χ2v) is 16.4. The standard InChI is InChI=1S/C37H47BN4O7.C9H16BNO3/c1-2-12-30(34(44)37(47)39-22-32(43)49-23-25-13-5-3-6-14-25)41-35(45)31(21-28-19-11-18-26-15-9-10-20-29(26)28)42-36(46)33(40-24-38-48)27-16-7-4-8-17-27;12-9(13)8(11-6-10-14)7-4-2-1-3-5-7/h3,5-6,9-11,13-15,18-20,27,30-31,33-34,40,44H,2,4,7-8,12,16-17,21-24H2,1H3,(H,39,47)(H,41,45)(H,42,46);7-8,11H,1-6H2,(H,12,13)/t30?,31-,33-,34?;8-/m00/s1. The second kappa shape index (κ2) is 27.8. The van der Waals surface area contributed by atoms with Crippen LogP contribution in [-0.2, 0) is 51.1 Å². The van der Waals surface area contributed by atoms with Gasteiger partial charge in [0.2, 0.25) is 0 Å². The molecule has 17 heteroatoms. The summed E-state index contributed by atoms with van der Waals surface area (Å²) in [6, 6.07) is 19.4. The van der Waals surface area contributed by atoms with E-state index in [1.54, 1.807) is 0 Å². The van der Waals surface area contributed by atoms with Gasteiger partial charge < -0.3 is 4.74 Å². The third-order valence-electron chi connectivity index (χ3n) is 11.8. The number of hydrogen-bond acceptors (Lipinski definition) is 11. The molecule has 0 aliphatic heterocycles. The Morgan fingerprint density at radius 2 is 1.30 bits per heavy atom. The molecule has 338 valence electrons. The van der Waals surface area contributed by atoms with Crippen LogP contribution in [0.3, 0.4) is 0 Å². The van der Waals surface area contributed by atoms with Gasteiger partial charge in [-0.05, 0) is 5.56 Å². The molecule has 2 saturated carbocycles. The van der Waals surface area contributed by atoms with E-state index >= 15 is 0 Å². The molecule has 2 aliphatic carbocycles. The van der Waals surface area contributed by atoms with E-state index in [1.807, 2.05) is 79.7 Å². The van der Waals surface area contributed by atoms with Gasteiger partial charge in [-0.1, -0.05) is 30.3 Å².